The number of aromatic nitrogens is 2. The van der Waals surface area contributed by atoms with Gasteiger partial charge >= 0.3 is 0 Å². The molecule has 0 spiro atoms. The number of methoxy groups -OCH3 is 1. The van der Waals surface area contributed by atoms with Crippen LogP contribution in [-0.2, 0) is 0 Å². The van der Waals surface area contributed by atoms with Crippen molar-refractivity contribution >= 4 is 5.91 Å². The minimum absolute atomic E-state index is 0.0238. The van der Waals surface area contributed by atoms with Crippen molar-refractivity contribution in [1.82, 2.24) is 14.9 Å². The third-order valence-corrected chi connectivity index (χ3v) is 4.19. The predicted molar refractivity (Wildman–Crippen MR) is 88.5 cm³/mol. The van der Waals surface area contributed by atoms with Crippen molar-refractivity contribution < 1.29 is 9.53 Å². The van der Waals surface area contributed by atoms with Crippen LogP contribution in [-0.4, -0.2) is 41.0 Å². The second-order valence-electron chi connectivity index (χ2n) is 5.83. The number of benzene rings is 1. The quantitative estimate of drug-likeness (QED) is 0.874. The lowest BCUT2D eigenvalue weighted by Crippen LogP contribution is -2.36. The van der Waals surface area contributed by atoms with E-state index in [0.717, 1.165) is 42.8 Å². The summed E-state index contributed by atoms with van der Waals surface area (Å²) >= 11 is 0. The highest BCUT2D eigenvalue weighted by Gasteiger charge is 2.20. The number of aryl methyl sites for hydroxylation is 1. The summed E-state index contributed by atoms with van der Waals surface area (Å²) in [5, 5.41) is 0. The first-order valence-electron chi connectivity index (χ1n) is 7.95. The zero-order chi connectivity index (χ0) is 16.2. The lowest BCUT2D eigenvalue weighted by molar-refractivity contribution is 0.0718. The number of likely N-dealkylation sites (tertiary alicyclic amines) is 1. The first-order chi connectivity index (χ1) is 11.2. The fraction of sp³-hybridized carbons (Fsp3) is 0.389. The number of carbonyl (C=O) groups excluding carboxylic acids is 1. The van der Waals surface area contributed by atoms with E-state index in [0.29, 0.717) is 11.4 Å². The van der Waals surface area contributed by atoms with Gasteiger partial charge in [-0.25, -0.2) is 4.98 Å². The van der Waals surface area contributed by atoms with Gasteiger partial charge in [0.15, 0.2) is 0 Å². The summed E-state index contributed by atoms with van der Waals surface area (Å²) in [4.78, 5) is 23.2. The molecule has 23 heavy (non-hydrogen) atoms. The van der Waals surface area contributed by atoms with Gasteiger partial charge in [0.25, 0.3) is 5.91 Å². The highest BCUT2D eigenvalue weighted by molar-refractivity contribution is 5.92. The first kappa shape index (κ1) is 15.5. The van der Waals surface area contributed by atoms with Gasteiger partial charge in [-0.15, -0.1) is 0 Å². The van der Waals surface area contributed by atoms with Gasteiger partial charge < -0.3 is 9.64 Å². The summed E-state index contributed by atoms with van der Waals surface area (Å²) in [6, 6.07) is 5.84. The van der Waals surface area contributed by atoms with Crippen LogP contribution < -0.4 is 4.74 Å². The Kier molecular flexibility index (Phi) is 4.55. The van der Waals surface area contributed by atoms with E-state index in [1.54, 1.807) is 19.5 Å². The van der Waals surface area contributed by atoms with Gasteiger partial charge in [0.05, 0.1) is 25.2 Å². The molecule has 1 saturated heterocycles. The third kappa shape index (κ3) is 3.33. The molecule has 0 radical (unpaired) electrons. The van der Waals surface area contributed by atoms with Crippen LogP contribution in [0.2, 0.25) is 0 Å². The highest BCUT2D eigenvalue weighted by atomic mass is 16.5. The average Bonchev–Trinajstić information content (AvgIpc) is 2.62. The topological polar surface area (TPSA) is 55.3 Å². The zero-order valence-corrected chi connectivity index (χ0v) is 13.6. The van der Waals surface area contributed by atoms with Crippen molar-refractivity contribution in [2.45, 2.75) is 26.2 Å². The van der Waals surface area contributed by atoms with Crippen molar-refractivity contribution in [3.8, 4) is 17.0 Å². The number of hydrogen-bond donors (Lipinski definition) is 0. The van der Waals surface area contributed by atoms with Crippen molar-refractivity contribution in [2.75, 3.05) is 20.2 Å². The Morgan fingerprint density at radius 1 is 1.17 bits per heavy atom. The zero-order valence-electron chi connectivity index (χ0n) is 13.6. The van der Waals surface area contributed by atoms with E-state index in [1.807, 2.05) is 30.0 Å². The molecule has 1 aromatic heterocycles. The van der Waals surface area contributed by atoms with Crippen molar-refractivity contribution in [2.24, 2.45) is 0 Å². The van der Waals surface area contributed by atoms with E-state index in [4.69, 9.17) is 4.74 Å². The van der Waals surface area contributed by atoms with E-state index < -0.39 is 0 Å². The molecule has 0 atom stereocenters. The number of amides is 1. The van der Waals surface area contributed by atoms with Crippen molar-refractivity contribution in [3.63, 3.8) is 0 Å². The van der Waals surface area contributed by atoms with Gasteiger partial charge in [0, 0.05) is 18.7 Å². The largest absolute Gasteiger partial charge is 0.496 e. The number of rotatable bonds is 3. The normalized spacial score (nSPS) is 14.6. The summed E-state index contributed by atoms with van der Waals surface area (Å²) in [5.41, 5.74) is 3.08. The molecule has 1 amide bonds. The maximum atomic E-state index is 12.6. The van der Waals surface area contributed by atoms with Crippen LogP contribution in [0.15, 0.2) is 30.6 Å². The van der Waals surface area contributed by atoms with Crippen LogP contribution in [0.4, 0.5) is 0 Å². The van der Waals surface area contributed by atoms with Crippen LogP contribution in [0.3, 0.4) is 0 Å². The maximum Gasteiger partial charge on any atom is 0.274 e. The average molecular weight is 311 g/mol. The molecule has 1 aliphatic rings. The summed E-state index contributed by atoms with van der Waals surface area (Å²) < 4.78 is 5.28. The molecule has 0 N–H and O–H groups in total. The molecule has 2 aromatic rings. The Balaban J connectivity index is 1.87. The summed E-state index contributed by atoms with van der Waals surface area (Å²) in [6.45, 7) is 3.61. The second kappa shape index (κ2) is 6.77. The number of hydrogen-bond acceptors (Lipinski definition) is 4. The van der Waals surface area contributed by atoms with Crippen LogP contribution >= 0.6 is 0 Å². The Morgan fingerprint density at radius 2 is 1.96 bits per heavy atom. The smallest absolute Gasteiger partial charge is 0.274 e. The van der Waals surface area contributed by atoms with E-state index in [-0.39, 0.29) is 5.91 Å². The summed E-state index contributed by atoms with van der Waals surface area (Å²) in [6.07, 6.45) is 6.57. The molecule has 1 fully saturated rings. The molecule has 0 unspecified atom stereocenters. The van der Waals surface area contributed by atoms with E-state index in [2.05, 4.69) is 9.97 Å². The molecule has 0 saturated carbocycles. The van der Waals surface area contributed by atoms with Gasteiger partial charge in [0.2, 0.25) is 0 Å². The van der Waals surface area contributed by atoms with Gasteiger partial charge in [-0.3, -0.25) is 9.78 Å². The standard InChI is InChI=1S/C18H21N3O2/c1-13-10-14(6-7-17(13)23-2)15-11-19-12-16(20-15)18(22)21-8-4-3-5-9-21/h6-7,10-12H,3-5,8-9H2,1-2H3. The second-order valence-corrected chi connectivity index (χ2v) is 5.83. The van der Waals surface area contributed by atoms with Crippen molar-refractivity contribution in [1.29, 1.82) is 0 Å². The van der Waals surface area contributed by atoms with Crippen LogP contribution in [0.25, 0.3) is 11.3 Å². The maximum absolute atomic E-state index is 12.6. The van der Waals surface area contributed by atoms with Crippen molar-refractivity contribution in [3.05, 3.63) is 41.9 Å². The van der Waals surface area contributed by atoms with E-state index in [9.17, 15) is 4.79 Å². The molecule has 5 heteroatoms. The number of carbonyl (C=O) groups is 1. The Labute approximate surface area is 136 Å². The molecule has 5 nitrogen and oxygen atoms in total. The number of nitrogens with zero attached hydrogens (tertiary/aromatic N) is 3. The molecular weight excluding hydrogens is 290 g/mol. The van der Waals surface area contributed by atoms with Crippen LogP contribution in [0, 0.1) is 6.92 Å². The molecular formula is C18H21N3O2. The third-order valence-electron chi connectivity index (χ3n) is 4.19. The van der Waals surface area contributed by atoms with Gasteiger partial charge in [-0.05, 0) is 49.9 Å². The lowest BCUT2D eigenvalue weighted by atomic mass is 10.1. The van der Waals surface area contributed by atoms with E-state index >= 15 is 0 Å². The monoisotopic (exact) mass is 311 g/mol. The summed E-state index contributed by atoms with van der Waals surface area (Å²) in [7, 11) is 1.65. The SMILES string of the molecule is COc1ccc(-c2cncc(C(=O)N3CCCCC3)n2)cc1C. The fourth-order valence-electron chi connectivity index (χ4n) is 2.90. The molecule has 120 valence electrons. The molecule has 2 heterocycles. The molecule has 0 aliphatic carbocycles. The number of ether oxygens (including phenoxy) is 1. The minimum atomic E-state index is -0.0238. The van der Waals surface area contributed by atoms with Crippen LogP contribution in [0.1, 0.15) is 35.3 Å². The molecule has 1 aliphatic heterocycles. The van der Waals surface area contributed by atoms with E-state index in [1.165, 1.54) is 6.42 Å². The molecule has 0 bridgehead atoms. The predicted octanol–water partition coefficient (Wildman–Crippen LogP) is 3.09. The lowest BCUT2D eigenvalue weighted by Gasteiger charge is -2.26. The van der Waals surface area contributed by atoms with Crippen LogP contribution in [0.5, 0.6) is 5.75 Å². The highest BCUT2D eigenvalue weighted by Crippen LogP contribution is 2.24. The Bertz CT molecular complexity index is 709. The molecule has 3 rings (SSSR count). The van der Waals surface area contributed by atoms with Gasteiger partial charge in [-0.1, -0.05) is 0 Å². The Hall–Kier alpha value is -2.43. The summed E-state index contributed by atoms with van der Waals surface area (Å²) in [5.74, 6) is 0.812. The number of piperidine rings is 1. The van der Waals surface area contributed by atoms with Gasteiger partial charge in [-0.2, -0.15) is 0 Å². The van der Waals surface area contributed by atoms with Gasteiger partial charge in [0.1, 0.15) is 11.4 Å². The molecule has 1 aromatic carbocycles. The first-order valence-corrected chi connectivity index (χ1v) is 7.95. The fourth-order valence-corrected chi connectivity index (χ4v) is 2.90. The Morgan fingerprint density at radius 3 is 2.65 bits per heavy atom. The minimum Gasteiger partial charge on any atom is -0.496 e.